The van der Waals surface area contributed by atoms with Crippen molar-refractivity contribution >= 4 is 12.2 Å². The molecule has 2 rings (SSSR count). The first-order chi connectivity index (χ1) is 14.2. The van der Waals surface area contributed by atoms with Gasteiger partial charge in [-0.25, -0.2) is 0 Å². The molecular formula is C28H40O. The zero-order valence-electron chi connectivity index (χ0n) is 18.8. The minimum absolute atomic E-state index is 0.0230. The first kappa shape index (κ1) is 23.3. The number of benzene rings is 2. The lowest BCUT2D eigenvalue weighted by molar-refractivity contribution is 0.0482. The normalized spacial score (nSPS) is 11.8. The van der Waals surface area contributed by atoms with Gasteiger partial charge in [0.25, 0.3) is 0 Å². The lowest BCUT2D eigenvalue weighted by atomic mass is 9.90. The van der Waals surface area contributed by atoms with E-state index in [1.54, 1.807) is 0 Å². The molecule has 2 aromatic carbocycles. The second kappa shape index (κ2) is 13.2. The number of rotatable bonds is 14. The summed E-state index contributed by atoms with van der Waals surface area (Å²) in [5.74, 6) is 0.994. The molecule has 0 saturated carbocycles. The lowest BCUT2D eigenvalue weighted by Crippen LogP contribution is -2.34. The van der Waals surface area contributed by atoms with Gasteiger partial charge in [0, 0.05) is 0 Å². The predicted molar refractivity (Wildman–Crippen MR) is 128 cm³/mol. The van der Waals surface area contributed by atoms with E-state index >= 15 is 0 Å². The molecule has 0 aliphatic rings. The highest BCUT2D eigenvalue weighted by atomic mass is 16.5. The second-order valence-corrected chi connectivity index (χ2v) is 8.18. The zero-order chi connectivity index (χ0) is 20.8. The molecule has 29 heavy (non-hydrogen) atoms. The molecule has 0 amide bonds. The second-order valence-electron chi connectivity index (χ2n) is 8.18. The van der Waals surface area contributed by atoms with E-state index in [-0.39, 0.29) is 5.60 Å². The van der Waals surface area contributed by atoms with Gasteiger partial charge in [-0.3, -0.25) is 0 Å². The van der Waals surface area contributed by atoms with Gasteiger partial charge < -0.3 is 4.74 Å². The van der Waals surface area contributed by atoms with Gasteiger partial charge in [0.1, 0.15) is 11.4 Å². The van der Waals surface area contributed by atoms with Crippen LogP contribution in [0.1, 0.15) is 96.1 Å². The Balaban J connectivity index is 1.86. The Morgan fingerprint density at radius 3 is 1.79 bits per heavy atom. The van der Waals surface area contributed by atoms with Crippen molar-refractivity contribution < 1.29 is 4.74 Å². The van der Waals surface area contributed by atoms with Gasteiger partial charge in [0.15, 0.2) is 0 Å². The summed E-state index contributed by atoms with van der Waals surface area (Å²) < 4.78 is 6.54. The van der Waals surface area contributed by atoms with Crippen LogP contribution in [0, 0.1) is 0 Å². The zero-order valence-corrected chi connectivity index (χ0v) is 18.8. The van der Waals surface area contributed by atoms with Crippen molar-refractivity contribution in [1.82, 2.24) is 0 Å². The Morgan fingerprint density at radius 1 is 0.655 bits per heavy atom. The molecule has 0 heterocycles. The maximum Gasteiger partial charge on any atom is 0.120 e. The molecule has 1 heteroatoms. The molecule has 0 aromatic heterocycles. The largest absolute Gasteiger partial charge is 0.487 e. The van der Waals surface area contributed by atoms with E-state index < -0.39 is 0 Å². The van der Waals surface area contributed by atoms with Gasteiger partial charge in [0.05, 0.1) is 0 Å². The number of unbranched alkanes of at least 4 members (excludes halogenated alkanes) is 6. The van der Waals surface area contributed by atoms with Crippen molar-refractivity contribution in [2.75, 3.05) is 0 Å². The molecule has 0 saturated heterocycles. The highest BCUT2D eigenvalue weighted by molar-refractivity contribution is 5.69. The minimum Gasteiger partial charge on any atom is -0.487 e. The van der Waals surface area contributed by atoms with Crippen molar-refractivity contribution in [3.05, 3.63) is 65.7 Å². The quantitative estimate of drug-likeness (QED) is 0.230. The van der Waals surface area contributed by atoms with Crippen molar-refractivity contribution in [2.45, 2.75) is 90.6 Å². The van der Waals surface area contributed by atoms with Crippen molar-refractivity contribution in [1.29, 1.82) is 0 Å². The molecule has 0 N–H and O–H groups in total. The van der Waals surface area contributed by atoms with Gasteiger partial charge in [-0.1, -0.05) is 114 Å². The van der Waals surface area contributed by atoms with Gasteiger partial charge >= 0.3 is 0 Å². The Bertz CT molecular complexity index is 680. The standard InChI is InChI=1S/C28H40O/c1-4-7-8-9-10-11-15-24-28(5-2,6-3)29-27-22-20-26(21-23-27)19-18-25-16-13-12-14-17-25/h12-14,16-23H,4-11,15,24H2,1-3H3. The summed E-state index contributed by atoms with van der Waals surface area (Å²) in [5, 5.41) is 0. The molecule has 0 spiro atoms. The first-order valence-electron chi connectivity index (χ1n) is 11.7. The third-order valence-corrected chi connectivity index (χ3v) is 6.01. The molecule has 0 bridgehead atoms. The van der Waals surface area contributed by atoms with E-state index in [1.165, 1.54) is 56.1 Å². The Labute approximate surface area is 179 Å². The summed E-state index contributed by atoms with van der Waals surface area (Å²) in [6, 6.07) is 19.0. The minimum atomic E-state index is -0.0230. The molecule has 2 aromatic rings. The molecule has 0 atom stereocenters. The Hall–Kier alpha value is -2.02. The van der Waals surface area contributed by atoms with Crippen molar-refractivity contribution in [3.63, 3.8) is 0 Å². The lowest BCUT2D eigenvalue weighted by Gasteiger charge is -2.33. The van der Waals surface area contributed by atoms with Crippen LogP contribution in [0.4, 0.5) is 0 Å². The fourth-order valence-electron chi connectivity index (χ4n) is 3.86. The molecule has 0 unspecified atom stereocenters. The average Bonchev–Trinajstić information content (AvgIpc) is 2.78. The summed E-state index contributed by atoms with van der Waals surface area (Å²) in [6.07, 6.45) is 17.0. The maximum atomic E-state index is 6.54. The van der Waals surface area contributed by atoms with Crippen LogP contribution < -0.4 is 4.74 Å². The molecular weight excluding hydrogens is 352 g/mol. The Kier molecular flexibility index (Phi) is 10.6. The fourth-order valence-corrected chi connectivity index (χ4v) is 3.86. The predicted octanol–water partition coefficient (Wildman–Crippen LogP) is 8.94. The number of hydrogen-bond acceptors (Lipinski definition) is 1. The summed E-state index contributed by atoms with van der Waals surface area (Å²) in [4.78, 5) is 0. The summed E-state index contributed by atoms with van der Waals surface area (Å²) >= 11 is 0. The molecule has 0 radical (unpaired) electrons. The topological polar surface area (TPSA) is 9.23 Å². The maximum absolute atomic E-state index is 6.54. The van der Waals surface area contributed by atoms with Gasteiger partial charge in [-0.15, -0.1) is 0 Å². The smallest absolute Gasteiger partial charge is 0.120 e. The van der Waals surface area contributed by atoms with Crippen molar-refractivity contribution in [3.8, 4) is 5.75 Å². The van der Waals surface area contributed by atoms with Crippen molar-refractivity contribution in [2.24, 2.45) is 0 Å². The van der Waals surface area contributed by atoms with Crippen LogP contribution in [-0.4, -0.2) is 5.60 Å². The van der Waals surface area contributed by atoms with E-state index in [9.17, 15) is 0 Å². The van der Waals surface area contributed by atoms with E-state index in [4.69, 9.17) is 4.74 Å². The third-order valence-electron chi connectivity index (χ3n) is 6.01. The van der Waals surface area contributed by atoms with Crippen LogP contribution in [0.3, 0.4) is 0 Å². The van der Waals surface area contributed by atoms with Crippen LogP contribution in [0.2, 0.25) is 0 Å². The SMILES string of the molecule is CCCCCCCCCC(CC)(CC)Oc1ccc(C=Cc2ccccc2)cc1. The fraction of sp³-hybridized carbons (Fsp3) is 0.500. The Morgan fingerprint density at radius 2 is 1.21 bits per heavy atom. The average molecular weight is 393 g/mol. The third kappa shape index (κ3) is 8.48. The first-order valence-corrected chi connectivity index (χ1v) is 11.7. The van der Waals surface area contributed by atoms with Crippen LogP contribution in [0.5, 0.6) is 5.75 Å². The van der Waals surface area contributed by atoms with E-state index in [0.717, 1.165) is 25.0 Å². The highest BCUT2D eigenvalue weighted by Gasteiger charge is 2.27. The number of ether oxygens (including phenoxy) is 1. The summed E-state index contributed by atoms with van der Waals surface area (Å²) in [6.45, 7) is 6.81. The van der Waals surface area contributed by atoms with Crippen LogP contribution >= 0.6 is 0 Å². The monoisotopic (exact) mass is 392 g/mol. The van der Waals surface area contributed by atoms with Crippen LogP contribution in [-0.2, 0) is 0 Å². The summed E-state index contributed by atoms with van der Waals surface area (Å²) in [7, 11) is 0. The van der Waals surface area contributed by atoms with E-state index in [2.05, 4.69) is 81.5 Å². The van der Waals surface area contributed by atoms with Gasteiger partial charge in [-0.2, -0.15) is 0 Å². The van der Waals surface area contributed by atoms with Crippen LogP contribution in [0.15, 0.2) is 54.6 Å². The van der Waals surface area contributed by atoms with Crippen LogP contribution in [0.25, 0.3) is 12.2 Å². The molecule has 158 valence electrons. The molecule has 1 nitrogen and oxygen atoms in total. The van der Waals surface area contributed by atoms with Gasteiger partial charge in [0.2, 0.25) is 0 Å². The van der Waals surface area contributed by atoms with E-state index in [0.29, 0.717) is 0 Å². The van der Waals surface area contributed by atoms with E-state index in [1.807, 2.05) is 6.07 Å². The number of hydrogen-bond donors (Lipinski definition) is 0. The molecule has 0 aliphatic carbocycles. The van der Waals surface area contributed by atoms with Gasteiger partial charge in [-0.05, 0) is 48.9 Å². The molecule has 0 fully saturated rings. The summed E-state index contributed by atoms with van der Waals surface area (Å²) in [5.41, 5.74) is 2.40. The molecule has 0 aliphatic heterocycles. The highest BCUT2D eigenvalue weighted by Crippen LogP contribution is 2.30.